The zero-order chi connectivity index (χ0) is 16.9. The fraction of sp³-hybridized carbons (Fsp3) is 0.500. The van der Waals surface area contributed by atoms with Crippen LogP contribution in [0.15, 0.2) is 24.3 Å². The van der Waals surface area contributed by atoms with Gasteiger partial charge < -0.3 is 9.64 Å². The predicted molar refractivity (Wildman–Crippen MR) is 90.3 cm³/mol. The molecule has 3 rings (SSSR count). The molecule has 2 heterocycles. The summed E-state index contributed by atoms with van der Waals surface area (Å²) < 4.78 is 5.08. The van der Waals surface area contributed by atoms with Gasteiger partial charge in [-0.05, 0) is 37.3 Å². The van der Waals surface area contributed by atoms with Gasteiger partial charge in [0.25, 0.3) is 0 Å². The predicted octanol–water partition coefficient (Wildman–Crippen LogP) is 2.56. The first kappa shape index (κ1) is 16.6. The molecule has 1 fully saturated rings. The van der Waals surface area contributed by atoms with E-state index in [4.69, 9.17) is 4.74 Å². The summed E-state index contributed by atoms with van der Waals surface area (Å²) >= 11 is 0. The molecule has 2 aromatic rings. The Labute approximate surface area is 142 Å². The lowest BCUT2D eigenvalue weighted by molar-refractivity contribution is -0.134. The number of piperidine rings is 1. The van der Waals surface area contributed by atoms with Crippen LogP contribution in [0.3, 0.4) is 0 Å². The van der Waals surface area contributed by atoms with E-state index in [0.717, 1.165) is 36.9 Å². The molecule has 1 N–H and O–H groups in total. The summed E-state index contributed by atoms with van der Waals surface area (Å²) in [6.45, 7) is 3.21. The fourth-order valence-corrected chi connectivity index (χ4v) is 3.23. The van der Waals surface area contributed by atoms with Gasteiger partial charge in [-0.2, -0.15) is 5.10 Å². The number of carbonyl (C=O) groups excluding carboxylic acids is 1. The van der Waals surface area contributed by atoms with Gasteiger partial charge in [-0.25, -0.2) is 4.98 Å². The van der Waals surface area contributed by atoms with E-state index in [1.165, 1.54) is 0 Å². The maximum absolute atomic E-state index is 12.9. The van der Waals surface area contributed by atoms with Gasteiger partial charge in [-0.15, -0.1) is 0 Å². The number of nitrogens with zero attached hydrogens (tertiary/aromatic N) is 3. The van der Waals surface area contributed by atoms with Gasteiger partial charge in [0.1, 0.15) is 6.61 Å². The molecule has 128 valence electrons. The normalized spacial score (nSPS) is 17.9. The Morgan fingerprint density at radius 3 is 3.00 bits per heavy atom. The van der Waals surface area contributed by atoms with Crippen LogP contribution in [-0.2, 0) is 22.6 Å². The minimum absolute atomic E-state index is 0.0443. The third-order valence-corrected chi connectivity index (χ3v) is 4.55. The van der Waals surface area contributed by atoms with E-state index in [1.54, 1.807) is 7.11 Å². The van der Waals surface area contributed by atoms with E-state index in [2.05, 4.69) is 15.2 Å². The van der Waals surface area contributed by atoms with Crippen molar-refractivity contribution < 1.29 is 9.53 Å². The van der Waals surface area contributed by atoms with Crippen molar-refractivity contribution in [2.24, 2.45) is 0 Å². The molecule has 1 aliphatic rings. The van der Waals surface area contributed by atoms with Gasteiger partial charge in [-0.3, -0.25) is 9.89 Å². The van der Waals surface area contributed by atoms with Gasteiger partial charge in [-0.1, -0.05) is 24.3 Å². The van der Waals surface area contributed by atoms with E-state index >= 15 is 0 Å². The van der Waals surface area contributed by atoms with Gasteiger partial charge >= 0.3 is 0 Å². The van der Waals surface area contributed by atoms with E-state index in [1.807, 2.05) is 36.1 Å². The van der Waals surface area contributed by atoms with Crippen LogP contribution in [0.2, 0.25) is 0 Å². The summed E-state index contributed by atoms with van der Waals surface area (Å²) in [5.74, 6) is 1.54. The third kappa shape index (κ3) is 3.64. The van der Waals surface area contributed by atoms with Crippen LogP contribution in [-0.4, -0.2) is 39.6 Å². The second kappa shape index (κ2) is 7.57. The topological polar surface area (TPSA) is 71.1 Å². The molecule has 0 aliphatic carbocycles. The molecule has 1 atom stereocenters. The van der Waals surface area contributed by atoms with Crippen LogP contribution in [0.4, 0.5) is 0 Å². The van der Waals surface area contributed by atoms with Gasteiger partial charge in [0.15, 0.2) is 11.6 Å². The molecule has 0 spiro atoms. The van der Waals surface area contributed by atoms with E-state index in [9.17, 15) is 4.79 Å². The second-order valence-corrected chi connectivity index (χ2v) is 6.28. The first-order chi connectivity index (χ1) is 11.7. The van der Waals surface area contributed by atoms with Crippen LogP contribution in [0.1, 0.15) is 48.1 Å². The number of amides is 1. The Morgan fingerprint density at radius 1 is 1.38 bits per heavy atom. The van der Waals surface area contributed by atoms with Gasteiger partial charge in [0.05, 0.1) is 12.5 Å². The number of carbonyl (C=O) groups is 1. The SMILES string of the molecule is COCc1nc([C@@H]2CCCCN2C(=O)Cc2ccccc2C)n[nH]1. The smallest absolute Gasteiger partial charge is 0.227 e. The average Bonchev–Trinajstić information content (AvgIpc) is 3.06. The monoisotopic (exact) mass is 328 g/mol. The number of likely N-dealkylation sites (tertiary alicyclic amines) is 1. The van der Waals surface area contributed by atoms with Crippen LogP contribution >= 0.6 is 0 Å². The highest BCUT2D eigenvalue weighted by atomic mass is 16.5. The van der Waals surface area contributed by atoms with Crippen LogP contribution in [0.25, 0.3) is 0 Å². The second-order valence-electron chi connectivity index (χ2n) is 6.28. The lowest BCUT2D eigenvalue weighted by Gasteiger charge is -2.34. The molecule has 24 heavy (non-hydrogen) atoms. The van der Waals surface area contributed by atoms with Crippen molar-refractivity contribution in [3.05, 3.63) is 47.0 Å². The number of aromatic amines is 1. The molecule has 0 bridgehead atoms. The minimum Gasteiger partial charge on any atom is -0.377 e. The summed E-state index contributed by atoms with van der Waals surface area (Å²) in [4.78, 5) is 19.3. The number of methoxy groups -OCH3 is 1. The van der Waals surface area contributed by atoms with Crippen molar-refractivity contribution in [1.29, 1.82) is 0 Å². The molecule has 1 saturated heterocycles. The number of aryl methyl sites for hydroxylation is 1. The number of ether oxygens (including phenoxy) is 1. The summed E-state index contributed by atoms with van der Waals surface area (Å²) in [5.41, 5.74) is 2.24. The zero-order valence-electron chi connectivity index (χ0n) is 14.3. The average molecular weight is 328 g/mol. The minimum atomic E-state index is -0.0443. The third-order valence-electron chi connectivity index (χ3n) is 4.55. The highest BCUT2D eigenvalue weighted by molar-refractivity contribution is 5.79. The van der Waals surface area contributed by atoms with Crippen molar-refractivity contribution in [1.82, 2.24) is 20.1 Å². The molecular weight excluding hydrogens is 304 g/mol. The number of aromatic nitrogens is 3. The number of hydrogen-bond acceptors (Lipinski definition) is 4. The number of H-pyrrole nitrogens is 1. The number of hydrogen-bond donors (Lipinski definition) is 1. The van der Waals surface area contributed by atoms with Crippen LogP contribution in [0, 0.1) is 6.92 Å². The molecule has 1 amide bonds. The van der Waals surface area contributed by atoms with Crippen molar-refractivity contribution in [2.45, 2.75) is 45.3 Å². The molecule has 1 aromatic carbocycles. The molecule has 0 saturated carbocycles. The fourth-order valence-electron chi connectivity index (χ4n) is 3.23. The van der Waals surface area contributed by atoms with Crippen molar-refractivity contribution in [2.75, 3.05) is 13.7 Å². The number of benzene rings is 1. The maximum atomic E-state index is 12.9. The molecule has 0 unspecified atom stereocenters. The quantitative estimate of drug-likeness (QED) is 0.915. The zero-order valence-corrected chi connectivity index (χ0v) is 14.3. The molecule has 6 nitrogen and oxygen atoms in total. The largest absolute Gasteiger partial charge is 0.377 e. The lowest BCUT2D eigenvalue weighted by Crippen LogP contribution is -2.40. The molecule has 6 heteroatoms. The number of rotatable bonds is 5. The molecular formula is C18H24N4O2. The highest BCUT2D eigenvalue weighted by Crippen LogP contribution is 2.29. The van der Waals surface area contributed by atoms with E-state index in [-0.39, 0.29) is 11.9 Å². The maximum Gasteiger partial charge on any atom is 0.227 e. The Hall–Kier alpha value is -2.21. The Morgan fingerprint density at radius 2 is 2.21 bits per heavy atom. The van der Waals surface area contributed by atoms with Crippen molar-refractivity contribution in [3.8, 4) is 0 Å². The van der Waals surface area contributed by atoms with Crippen LogP contribution < -0.4 is 0 Å². The highest BCUT2D eigenvalue weighted by Gasteiger charge is 2.30. The summed E-state index contributed by atoms with van der Waals surface area (Å²) in [6.07, 6.45) is 3.46. The Balaban J connectivity index is 1.76. The summed E-state index contributed by atoms with van der Waals surface area (Å²) in [6, 6.07) is 8.00. The first-order valence-corrected chi connectivity index (χ1v) is 8.43. The molecule has 0 radical (unpaired) electrons. The van der Waals surface area contributed by atoms with E-state index < -0.39 is 0 Å². The molecule has 1 aromatic heterocycles. The van der Waals surface area contributed by atoms with Gasteiger partial charge in [0.2, 0.25) is 5.91 Å². The Bertz CT molecular complexity index is 698. The standard InChI is InChI=1S/C18H24N4O2/c1-13-7-3-4-8-14(13)11-17(23)22-10-6-5-9-15(22)18-19-16(12-24-2)20-21-18/h3-4,7-8,15H,5-6,9-12H2,1-2H3,(H,19,20,21)/t15-/m0/s1. The lowest BCUT2D eigenvalue weighted by atomic mass is 9.99. The summed E-state index contributed by atoms with van der Waals surface area (Å²) in [5, 5.41) is 7.20. The first-order valence-electron chi connectivity index (χ1n) is 8.43. The van der Waals surface area contributed by atoms with Crippen molar-refractivity contribution in [3.63, 3.8) is 0 Å². The van der Waals surface area contributed by atoms with Crippen LogP contribution in [0.5, 0.6) is 0 Å². The number of nitrogens with one attached hydrogen (secondary N) is 1. The Kier molecular flexibility index (Phi) is 5.25. The van der Waals surface area contributed by atoms with E-state index in [0.29, 0.717) is 24.7 Å². The van der Waals surface area contributed by atoms with Crippen molar-refractivity contribution >= 4 is 5.91 Å². The molecule has 1 aliphatic heterocycles. The summed E-state index contributed by atoms with van der Waals surface area (Å²) in [7, 11) is 1.63. The van der Waals surface area contributed by atoms with Gasteiger partial charge in [0, 0.05) is 13.7 Å².